The number of carbonyl (C=O) groups is 2. The molecule has 0 aromatic heterocycles. The predicted octanol–water partition coefficient (Wildman–Crippen LogP) is 1.42. The summed E-state index contributed by atoms with van der Waals surface area (Å²) in [5.41, 5.74) is 1.76. The summed E-state index contributed by atoms with van der Waals surface area (Å²) < 4.78 is 43.2. The highest BCUT2D eigenvalue weighted by Gasteiger charge is 2.19. The fourth-order valence-electron chi connectivity index (χ4n) is 2.03. The zero-order valence-corrected chi connectivity index (χ0v) is 14.7. The molecule has 2 rings (SSSR count). The molecule has 0 heterocycles. The minimum Gasteiger partial charge on any atom is -0.495 e. The van der Waals surface area contributed by atoms with Crippen molar-refractivity contribution in [3.63, 3.8) is 0 Å². The van der Waals surface area contributed by atoms with Gasteiger partial charge in [-0.25, -0.2) is 12.8 Å². The van der Waals surface area contributed by atoms with Gasteiger partial charge in [-0.15, -0.1) is 4.83 Å². The van der Waals surface area contributed by atoms with Gasteiger partial charge in [0.15, 0.2) is 0 Å². The first kappa shape index (κ1) is 19.3. The van der Waals surface area contributed by atoms with Crippen LogP contribution in [0.2, 0.25) is 0 Å². The van der Waals surface area contributed by atoms with E-state index in [0.717, 1.165) is 12.1 Å². The lowest BCUT2D eigenvalue weighted by molar-refractivity contribution is -0.114. The first-order chi connectivity index (χ1) is 12.2. The van der Waals surface area contributed by atoms with Crippen molar-refractivity contribution in [3.8, 4) is 5.75 Å². The Morgan fingerprint density at radius 1 is 1.12 bits per heavy atom. The Balaban J connectivity index is 2.21. The molecule has 3 N–H and O–H groups in total. The van der Waals surface area contributed by atoms with Crippen LogP contribution in [-0.2, 0) is 14.8 Å². The quantitative estimate of drug-likeness (QED) is 0.655. The molecule has 2 aromatic rings. The van der Waals surface area contributed by atoms with E-state index in [1.165, 1.54) is 44.4 Å². The fourth-order valence-corrected chi connectivity index (χ4v) is 2.89. The topological polar surface area (TPSA) is 114 Å². The van der Waals surface area contributed by atoms with Crippen molar-refractivity contribution in [2.24, 2.45) is 0 Å². The van der Waals surface area contributed by atoms with Crippen LogP contribution in [0.3, 0.4) is 0 Å². The first-order valence-corrected chi connectivity index (χ1v) is 8.75. The van der Waals surface area contributed by atoms with Crippen molar-refractivity contribution in [3.05, 3.63) is 53.8 Å². The molecule has 138 valence electrons. The molecule has 10 heteroatoms. The highest BCUT2D eigenvalue weighted by molar-refractivity contribution is 7.89. The predicted molar refractivity (Wildman–Crippen MR) is 91.5 cm³/mol. The first-order valence-electron chi connectivity index (χ1n) is 7.27. The SMILES string of the molecule is COc1ccc(S(=O)(=O)NNC(=O)c2ccccc2F)cc1NC(C)=O. The van der Waals surface area contributed by atoms with Gasteiger partial charge in [-0.1, -0.05) is 12.1 Å². The molecular weight excluding hydrogens is 365 g/mol. The number of rotatable bonds is 6. The lowest BCUT2D eigenvalue weighted by atomic mass is 10.2. The molecule has 26 heavy (non-hydrogen) atoms. The van der Waals surface area contributed by atoms with Gasteiger partial charge in [0.25, 0.3) is 15.9 Å². The van der Waals surface area contributed by atoms with Crippen LogP contribution >= 0.6 is 0 Å². The molecule has 0 aliphatic heterocycles. The van der Waals surface area contributed by atoms with Crippen LogP contribution in [0.1, 0.15) is 17.3 Å². The summed E-state index contributed by atoms with van der Waals surface area (Å²) in [6, 6.07) is 8.86. The molecule has 2 aromatic carbocycles. The number of anilines is 1. The third kappa shape index (κ3) is 4.55. The molecule has 0 aliphatic rings. The minimum atomic E-state index is -4.17. The van der Waals surface area contributed by atoms with Crippen LogP contribution in [0.15, 0.2) is 47.4 Å². The normalized spacial score (nSPS) is 10.9. The number of nitrogens with one attached hydrogen (secondary N) is 3. The van der Waals surface area contributed by atoms with Crippen molar-refractivity contribution >= 4 is 27.5 Å². The third-order valence-electron chi connectivity index (χ3n) is 3.21. The molecule has 0 saturated heterocycles. The lowest BCUT2D eigenvalue weighted by Gasteiger charge is -2.12. The smallest absolute Gasteiger partial charge is 0.269 e. The summed E-state index contributed by atoms with van der Waals surface area (Å²) in [5, 5.41) is 2.44. The van der Waals surface area contributed by atoms with E-state index in [9.17, 15) is 22.4 Å². The maximum Gasteiger partial charge on any atom is 0.269 e. The van der Waals surface area contributed by atoms with E-state index in [4.69, 9.17) is 4.74 Å². The monoisotopic (exact) mass is 381 g/mol. The summed E-state index contributed by atoms with van der Waals surface area (Å²) in [7, 11) is -2.81. The summed E-state index contributed by atoms with van der Waals surface area (Å²) in [4.78, 5) is 24.8. The lowest BCUT2D eigenvalue weighted by Crippen LogP contribution is -2.41. The van der Waals surface area contributed by atoms with Crippen LogP contribution in [0.25, 0.3) is 0 Å². The van der Waals surface area contributed by atoms with Crippen LogP contribution in [0.5, 0.6) is 5.75 Å². The average Bonchev–Trinajstić information content (AvgIpc) is 2.59. The van der Waals surface area contributed by atoms with E-state index in [2.05, 4.69) is 5.32 Å². The molecule has 0 unspecified atom stereocenters. The number of sulfonamides is 1. The van der Waals surface area contributed by atoms with Crippen LogP contribution < -0.4 is 20.3 Å². The molecule has 0 saturated carbocycles. The van der Waals surface area contributed by atoms with Crippen LogP contribution in [-0.4, -0.2) is 27.3 Å². The number of hydrazine groups is 1. The number of ether oxygens (including phenoxy) is 1. The second kappa shape index (κ2) is 7.93. The molecular formula is C16H16FN3O5S. The van der Waals surface area contributed by atoms with Crippen LogP contribution in [0, 0.1) is 5.82 Å². The molecule has 0 spiro atoms. The summed E-state index contributed by atoms with van der Waals surface area (Å²) in [6.07, 6.45) is 0. The van der Waals surface area contributed by atoms with E-state index in [-0.39, 0.29) is 21.9 Å². The van der Waals surface area contributed by atoms with Gasteiger partial charge in [0.05, 0.1) is 23.3 Å². The number of hydrogen-bond donors (Lipinski definition) is 3. The second-order valence-corrected chi connectivity index (χ2v) is 6.77. The van der Waals surface area contributed by atoms with Gasteiger partial charge in [-0.2, -0.15) is 0 Å². The number of hydrogen-bond acceptors (Lipinski definition) is 5. The third-order valence-corrected chi connectivity index (χ3v) is 4.45. The number of methoxy groups -OCH3 is 1. The Morgan fingerprint density at radius 2 is 1.81 bits per heavy atom. The van der Waals surface area contributed by atoms with E-state index >= 15 is 0 Å². The molecule has 0 aliphatic carbocycles. The van der Waals surface area contributed by atoms with E-state index in [1.807, 2.05) is 10.3 Å². The van der Waals surface area contributed by atoms with Gasteiger partial charge in [0.2, 0.25) is 5.91 Å². The Bertz CT molecular complexity index is 947. The van der Waals surface area contributed by atoms with Crippen LogP contribution in [0.4, 0.5) is 10.1 Å². The van der Waals surface area contributed by atoms with E-state index < -0.39 is 27.7 Å². The fraction of sp³-hybridized carbons (Fsp3) is 0.125. The Kier molecular flexibility index (Phi) is 5.90. The molecule has 0 fully saturated rings. The molecule has 0 radical (unpaired) electrons. The van der Waals surface area contributed by atoms with Gasteiger partial charge < -0.3 is 10.1 Å². The highest BCUT2D eigenvalue weighted by Crippen LogP contribution is 2.27. The number of carbonyl (C=O) groups excluding carboxylic acids is 2. The maximum absolute atomic E-state index is 13.5. The standard InChI is InChI=1S/C16H16FN3O5S/c1-10(21)18-14-9-11(7-8-15(14)25-2)26(23,24)20-19-16(22)12-5-3-4-6-13(12)17/h3-9,20H,1-2H3,(H,18,21)(H,19,22). The van der Waals surface area contributed by atoms with Gasteiger partial charge in [-0.05, 0) is 30.3 Å². The summed E-state index contributed by atoms with van der Waals surface area (Å²) in [5.74, 6) is -1.91. The molecule has 0 atom stereocenters. The molecule has 2 amide bonds. The van der Waals surface area contributed by atoms with Crippen molar-refractivity contribution in [2.75, 3.05) is 12.4 Å². The largest absolute Gasteiger partial charge is 0.495 e. The van der Waals surface area contributed by atoms with Gasteiger partial charge in [0.1, 0.15) is 11.6 Å². The zero-order valence-electron chi connectivity index (χ0n) is 13.9. The van der Waals surface area contributed by atoms with E-state index in [0.29, 0.717) is 0 Å². The number of benzene rings is 2. The minimum absolute atomic E-state index is 0.142. The van der Waals surface area contributed by atoms with Gasteiger partial charge in [0, 0.05) is 6.92 Å². The van der Waals surface area contributed by atoms with Gasteiger partial charge in [-0.3, -0.25) is 15.0 Å². The van der Waals surface area contributed by atoms with E-state index in [1.54, 1.807) is 0 Å². The van der Waals surface area contributed by atoms with Crippen molar-refractivity contribution in [2.45, 2.75) is 11.8 Å². The molecule has 8 nitrogen and oxygen atoms in total. The summed E-state index contributed by atoms with van der Waals surface area (Å²) in [6.45, 7) is 1.26. The Hall–Kier alpha value is -2.98. The number of halogens is 1. The van der Waals surface area contributed by atoms with Crippen molar-refractivity contribution in [1.82, 2.24) is 10.3 Å². The summed E-state index contributed by atoms with van der Waals surface area (Å²) >= 11 is 0. The maximum atomic E-state index is 13.5. The average molecular weight is 381 g/mol. The molecule has 0 bridgehead atoms. The van der Waals surface area contributed by atoms with Crippen molar-refractivity contribution < 1.29 is 27.1 Å². The number of amides is 2. The second-order valence-electron chi connectivity index (χ2n) is 5.08. The van der Waals surface area contributed by atoms with Gasteiger partial charge >= 0.3 is 0 Å². The highest BCUT2D eigenvalue weighted by atomic mass is 32.2. The zero-order chi connectivity index (χ0) is 19.3. The Labute approximate surface area is 149 Å². The Morgan fingerprint density at radius 3 is 2.42 bits per heavy atom. The van der Waals surface area contributed by atoms with Crippen molar-refractivity contribution in [1.29, 1.82) is 0 Å².